The molecule has 36 heavy (non-hydrogen) atoms. The number of carbonyl (C=O) groups excluding carboxylic acids is 2. The highest BCUT2D eigenvalue weighted by atomic mass is 79.9. The largest absolute Gasteiger partial charge is 0.463 e. The van der Waals surface area contributed by atoms with E-state index in [1.54, 1.807) is 37.6 Å². The summed E-state index contributed by atoms with van der Waals surface area (Å²) in [6.07, 6.45) is 1.99. The number of esters is 1. The zero-order chi connectivity index (χ0) is 25.7. The molecule has 2 aliphatic rings. The molecule has 5 rings (SSSR count). The molecule has 0 fully saturated rings. The molecule has 0 spiro atoms. The normalized spacial score (nSPS) is 18.2. The van der Waals surface area contributed by atoms with Gasteiger partial charge >= 0.3 is 5.97 Å². The van der Waals surface area contributed by atoms with Crippen LogP contribution in [0, 0.1) is 0 Å². The molecule has 0 unspecified atom stereocenters. The second kappa shape index (κ2) is 9.49. The number of likely N-dealkylation sites (N-methyl/N-ethyl adjacent to an activating group) is 1. The van der Waals surface area contributed by atoms with Crippen molar-refractivity contribution in [3.05, 3.63) is 89.0 Å². The SMILES string of the molecule is CCOC(=O)C1=C(C)N=c2s/c(=C3\C(=O)N(C)c4ccc(Br)cc43)c(=O)n2[C@H]1c1ccc(SC)cc1. The van der Waals surface area contributed by atoms with Gasteiger partial charge in [-0.25, -0.2) is 9.79 Å². The lowest BCUT2D eigenvalue weighted by molar-refractivity contribution is -0.139. The lowest BCUT2D eigenvalue weighted by Crippen LogP contribution is -2.40. The summed E-state index contributed by atoms with van der Waals surface area (Å²) < 4.78 is 7.98. The number of thiazole rings is 1. The molecule has 0 N–H and O–H groups in total. The molecule has 3 aromatic rings. The number of aromatic nitrogens is 1. The fraction of sp³-hybridized carbons (Fsp3) is 0.231. The number of allylic oxidation sites excluding steroid dienone is 1. The summed E-state index contributed by atoms with van der Waals surface area (Å²) >= 11 is 6.25. The Morgan fingerprint density at radius 1 is 1.19 bits per heavy atom. The van der Waals surface area contributed by atoms with Crippen LogP contribution in [-0.2, 0) is 14.3 Å². The Bertz CT molecular complexity index is 1640. The van der Waals surface area contributed by atoms with Crippen LogP contribution in [-0.4, -0.2) is 36.4 Å². The highest BCUT2D eigenvalue weighted by molar-refractivity contribution is 9.10. The van der Waals surface area contributed by atoms with Crippen molar-refractivity contribution in [2.75, 3.05) is 24.8 Å². The predicted molar refractivity (Wildman–Crippen MR) is 145 cm³/mol. The van der Waals surface area contributed by atoms with Crippen LogP contribution in [0.4, 0.5) is 5.69 Å². The van der Waals surface area contributed by atoms with Crippen LogP contribution in [0.5, 0.6) is 0 Å². The highest BCUT2D eigenvalue weighted by Crippen LogP contribution is 2.36. The molecule has 10 heteroatoms. The maximum Gasteiger partial charge on any atom is 0.338 e. The van der Waals surface area contributed by atoms with Crippen LogP contribution in [0.2, 0.25) is 0 Å². The quantitative estimate of drug-likeness (QED) is 0.346. The molecule has 2 aliphatic heterocycles. The summed E-state index contributed by atoms with van der Waals surface area (Å²) in [5.74, 6) is -0.767. The first kappa shape index (κ1) is 24.7. The van der Waals surface area contributed by atoms with E-state index in [4.69, 9.17) is 4.74 Å². The van der Waals surface area contributed by atoms with E-state index in [0.717, 1.165) is 32.0 Å². The second-order valence-corrected chi connectivity index (χ2v) is 11.1. The van der Waals surface area contributed by atoms with Gasteiger partial charge in [-0.15, -0.1) is 11.8 Å². The minimum absolute atomic E-state index is 0.203. The number of amides is 1. The van der Waals surface area contributed by atoms with Crippen LogP contribution in [0.15, 0.2) is 72.9 Å². The molecule has 1 amide bonds. The lowest BCUT2D eigenvalue weighted by Gasteiger charge is -2.24. The number of hydrogen-bond donors (Lipinski definition) is 0. The Morgan fingerprint density at radius 2 is 1.92 bits per heavy atom. The van der Waals surface area contributed by atoms with E-state index >= 15 is 0 Å². The van der Waals surface area contributed by atoms with Gasteiger partial charge in [0.1, 0.15) is 4.53 Å². The molecule has 0 bridgehead atoms. The number of anilines is 1. The third-order valence-electron chi connectivity index (χ3n) is 6.26. The number of benzene rings is 2. The minimum atomic E-state index is -0.721. The van der Waals surface area contributed by atoms with Crippen molar-refractivity contribution in [1.29, 1.82) is 0 Å². The fourth-order valence-corrected chi connectivity index (χ4v) is 6.46. The summed E-state index contributed by atoms with van der Waals surface area (Å²) in [7, 11) is 1.69. The molecule has 1 atom stereocenters. The molecule has 3 heterocycles. The summed E-state index contributed by atoms with van der Waals surface area (Å²) in [5.41, 5.74) is 2.96. The van der Waals surface area contributed by atoms with Crippen molar-refractivity contribution in [3.63, 3.8) is 0 Å². The summed E-state index contributed by atoms with van der Waals surface area (Å²) in [6.45, 7) is 3.69. The smallest absolute Gasteiger partial charge is 0.338 e. The minimum Gasteiger partial charge on any atom is -0.463 e. The van der Waals surface area contributed by atoms with E-state index in [0.29, 0.717) is 31.7 Å². The number of fused-ring (bicyclic) bond motifs is 2. The summed E-state index contributed by atoms with van der Waals surface area (Å²) in [4.78, 5) is 48.0. The molecule has 0 aliphatic carbocycles. The first-order valence-corrected chi connectivity index (χ1v) is 14.0. The number of nitrogens with zero attached hydrogens (tertiary/aromatic N) is 3. The first-order chi connectivity index (χ1) is 17.3. The zero-order valence-corrected chi connectivity index (χ0v) is 23.2. The van der Waals surface area contributed by atoms with Gasteiger partial charge in [0.15, 0.2) is 4.80 Å². The topological polar surface area (TPSA) is 81.0 Å². The molecule has 0 saturated carbocycles. The number of hydrogen-bond acceptors (Lipinski definition) is 7. The molecule has 184 valence electrons. The Hall–Kier alpha value is -2.95. The van der Waals surface area contributed by atoms with Gasteiger partial charge in [0.25, 0.3) is 11.5 Å². The van der Waals surface area contributed by atoms with E-state index < -0.39 is 12.0 Å². The third-order valence-corrected chi connectivity index (χ3v) is 8.55. The molecule has 7 nitrogen and oxygen atoms in total. The Labute approximate surface area is 223 Å². The lowest BCUT2D eigenvalue weighted by atomic mass is 9.96. The highest BCUT2D eigenvalue weighted by Gasteiger charge is 2.36. The third kappa shape index (κ3) is 3.88. The van der Waals surface area contributed by atoms with Crippen LogP contribution >= 0.6 is 39.0 Å². The summed E-state index contributed by atoms with van der Waals surface area (Å²) in [5, 5.41) is 0. The number of halogens is 1. The van der Waals surface area contributed by atoms with Crippen molar-refractivity contribution in [1.82, 2.24) is 4.57 Å². The van der Waals surface area contributed by atoms with E-state index in [1.807, 2.05) is 48.7 Å². The molecular formula is C26H22BrN3O4S2. The van der Waals surface area contributed by atoms with Gasteiger partial charge in [0, 0.05) is 22.0 Å². The van der Waals surface area contributed by atoms with Crippen molar-refractivity contribution in [2.24, 2.45) is 4.99 Å². The van der Waals surface area contributed by atoms with Gasteiger partial charge in [-0.2, -0.15) is 0 Å². The number of ether oxygens (including phenoxy) is 1. The van der Waals surface area contributed by atoms with Crippen molar-refractivity contribution in [2.45, 2.75) is 24.8 Å². The number of carbonyl (C=O) groups is 2. The van der Waals surface area contributed by atoms with Crippen LogP contribution in [0.3, 0.4) is 0 Å². The number of thioether (sulfide) groups is 1. The van der Waals surface area contributed by atoms with Crippen molar-refractivity contribution < 1.29 is 14.3 Å². The Morgan fingerprint density at radius 3 is 2.58 bits per heavy atom. The van der Waals surface area contributed by atoms with Gasteiger partial charge in [-0.1, -0.05) is 39.4 Å². The average molecular weight is 585 g/mol. The average Bonchev–Trinajstić information content (AvgIpc) is 3.30. The van der Waals surface area contributed by atoms with Crippen LogP contribution in [0.1, 0.15) is 31.0 Å². The molecular weight excluding hydrogens is 562 g/mol. The molecule has 2 aromatic carbocycles. The van der Waals surface area contributed by atoms with Crippen molar-refractivity contribution in [3.8, 4) is 0 Å². The van der Waals surface area contributed by atoms with Gasteiger partial charge in [0.2, 0.25) is 0 Å². The van der Waals surface area contributed by atoms with Crippen LogP contribution in [0.25, 0.3) is 5.57 Å². The van der Waals surface area contributed by atoms with Crippen LogP contribution < -0.4 is 19.8 Å². The second-order valence-electron chi connectivity index (χ2n) is 8.30. The maximum absolute atomic E-state index is 14.0. The van der Waals surface area contributed by atoms with E-state index in [-0.39, 0.29) is 18.1 Å². The van der Waals surface area contributed by atoms with Gasteiger partial charge in [0.05, 0.1) is 35.2 Å². The van der Waals surface area contributed by atoms with Gasteiger partial charge < -0.3 is 9.64 Å². The van der Waals surface area contributed by atoms with E-state index in [9.17, 15) is 14.4 Å². The monoisotopic (exact) mass is 583 g/mol. The van der Waals surface area contributed by atoms with Gasteiger partial charge in [-0.05, 0) is 56.0 Å². The Kier molecular flexibility index (Phi) is 6.52. The fourth-order valence-electron chi connectivity index (χ4n) is 4.56. The Balaban J connectivity index is 1.82. The molecule has 0 saturated heterocycles. The van der Waals surface area contributed by atoms with Crippen molar-refractivity contribution >= 4 is 62.2 Å². The standard InChI is InChI=1S/C26H22BrN3O4S2/c1-5-34-25(33)19-13(2)28-26-30(21(19)14-6-9-16(35-4)10-7-14)24(32)22(36-26)20-17-12-15(27)8-11-18(17)29(3)23(20)31/h6-12,21H,5H2,1-4H3/b22-20-/t21-/m0/s1. The zero-order valence-electron chi connectivity index (χ0n) is 20.0. The molecule has 1 aromatic heterocycles. The molecule has 0 radical (unpaired) electrons. The number of rotatable bonds is 4. The first-order valence-electron chi connectivity index (χ1n) is 11.2. The summed E-state index contributed by atoms with van der Waals surface area (Å²) in [6, 6.07) is 12.6. The predicted octanol–water partition coefficient (Wildman–Crippen LogP) is 3.63. The van der Waals surface area contributed by atoms with E-state index in [2.05, 4.69) is 20.9 Å². The van der Waals surface area contributed by atoms with Gasteiger partial charge in [-0.3, -0.25) is 14.2 Å². The maximum atomic E-state index is 14.0. The van der Waals surface area contributed by atoms with E-state index in [1.165, 1.54) is 4.57 Å².